The van der Waals surface area contributed by atoms with Gasteiger partial charge in [-0.1, -0.05) is 12.8 Å². The van der Waals surface area contributed by atoms with Gasteiger partial charge < -0.3 is 10.2 Å². The number of amides is 1. The topological polar surface area (TPSA) is 79.4 Å². The van der Waals surface area contributed by atoms with E-state index >= 15 is 0 Å². The van der Waals surface area contributed by atoms with E-state index in [1.165, 1.54) is 0 Å². The van der Waals surface area contributed by atoms with E-state index in [-0.39, 0.29) is 29.5 Å². The highest BCUT2D eigenvalue weighted by atomic mass is 32.2. The molecule has 1 saturated heterocycles. The van der Waals surface area contributed by atoms with Gasteiger partial charge in [-0.25, -0.2) is 8.42 Å². The van der Waals surface area contributed by atoms with Gasteiger partial charge >= 0.3 is 0 Å². The van der Waals surface area contributed by atoms with Crippen LogP contribution in [0.25, 0.3) is 0 Å². The van der Waals surface area contributed by atoms with Crippen molar-refractivity contribution in [2.24, 2.45) is 0 Å². The quantitative estimate of drug-likeness (QED) is 0.874. The Balaban J connectivity index is 1.74. The molecule has 1 aliphatic heterocycles. The molecule has 1 unspecified atom stereocenters. The zero-order valence-electron chi connectivity index (χ0n) is 14.1. The van der Waals surface area contributed by atoms with Crippen molar-refractivity contribution in [1.82, 2.24) is 10.3 Å². The molecule has 3 rings (SSSR count). The third-order valence-corrected chi connectivity index (χ3v) is 6.74. The average Bonchev–Trinajstić information content (AvgIpc) is 3.18. The summed E-state index contributed by atoms with van der Waals surface area (Å²) in [5, 5.41) is 3.05. The van der Waals surface area contributed by atoms with Gasteiger partial charge in [0.05, 0.1) is 11.5 Å². The maximum atomic E-state index is 12.4. The molecule has 1 atom stereocenters. The first-order valence-electron chi connectivity index (χ1n) is 8.72. The Bertz CT molecular complexity index is 699. The van der Waals surface area contributed by atoms with E-state index < -0.39 is 9.84 Å². The molecule has 24 heavy (non-hydrogen) atoms. The first-order chi connectivity index (χ1) is 11.5. The highest BCUT2D eigenvalue weighted by Gasteiger charge is 2.32. The van der Waals surface area contributed by atoms with Gasteiger partial charge in [-0.05, 0) is 38.3 Å². The molecule has 132 valence electrons. The van der Waals surface area contributed by atoms with Crippen molar-refractivity contribution in [3.63, 3.8) is 0 Å². The smallest absolute Gasteiger partial charge is 0.270 e. The zero-order valence-corrected chi connectivity index (χ0v) is 14.9. The van der Waals surface area contributed by atoms with Gasteiger partial charge in [-0.15, -0.1) is 0 Å². The molecule has 0 aromatic carbocycles. The number of carbonyl (C=O) groups is 1. The fourth-order valence-electron chi connectivity index (χ4n) is 3.72. The number of aromatic nitrogens is 1. The van der Waals surface area contributed by atoms with Crippen molar-refractivity contribution >= 4 is 21.4 Å². The molecule has 6 nitrogen and oxygen atoms in total. The molecule has 1 N–H and O–H groups in total. The second-order valence-electron chi connectivity index (χ2n) is 6.70. The summed E-state index contributed by atoms with van der Waals surface area (Å²) in [7, 11) is -2.94. The Morgan fingerprint density at radius 1 is 1.33 bits per heavy atom. The van der Waals surface area contributed by atoms with Crippen molar-refractivity contribution in [2.75, 3.05) is 23.0 Å². The Kier molecular flexibility index (Phi) is 5.08. The first-order valence-corrected chi connectivity index (χ1v) is 10.5. The Labute approximate surface area is 143 Å². The van der Waals surface area contributed by atoms with Crippen LogP contribution >= 0.6 is 0 Å². The van der Waals surface area contributed by atoms with Crippen LogP contribution in [-0.4, -0.2) is 49.4 Å². The number of nitrogens with zero attached hydrogens (tertiary/aromatic N) is 2. The predicted molar refractivity (Wildman–Crippen MR) is 94.0 cm³/mol. The molecule has 1 aliphatic carbocycles. The van der Waals surface area contributed by atoms with Gasteiger partial charge in [0.15, 0.2) is 9.84 Å². The number of pyridine rings is 1. The highest BCUT2D eigenvalue weighted by Crippen LogP contribution is 2.25. The van der Waals surface area contributed by atoms with Gasteiger partial charge in [-0.2, -0.15) is 0 Å². The molecule has 1 saturated carbocycles. The lowest BCUT2D eigenvalue weighted by Gasteiger charge is -2.29. The molecule has 2 heterocycles. The Hall–Kier alpha value is -1.63. The monoisotopic (exact) mass is 351 g/mol. The van der Waals surface area contributed by atoms with Crippen LogP contribution in [0.15, 0.2) is 18.3 Å². The van der Waals surface area contributed by atoms with Crippen LogP contribution in [0.5, 0.6) is 0 Å². The number of hydrogen-bond acceptors (Lipinski definition) is 5. The van der Waals surface area contributed by atoms with E-state index in [2.05, 4.69) is 15.2 Å². The van der Waals surface area contributed by atoms with Gasteiger partial charge in [0.25, 0.3) is 5.91 Å². The average molecular weight is 351 g/mol. The number of rotatable bonds is 5. The lowest BCUT2D eigenvalue weighted by atomic mass is 10.1. The Morgan fingerprint density at radius 3 is 2.71 bits per heavy atom. The number of anilines is 1. The molecule has 0 radical (unpaired) electrons. The molecule has 1 amide bonds. The largest absolute Gasteiger partial charge is 0.368 e. The second kappa shape index (κ2) is 7.09. The van der Waals surface area contributed by atoms with E-state index in [4.69, 9.17) is 0 Å². The van der Waals surface area contributed by atoms with Crippen LogP contribution in [0.3, 0.4) is 0 Å². The number of hydrogen-bond donors (Lipinski definition) is 1. The standard InChI is InChI=1S/C17H25N3O3S/c1-2-20(15-8-10-24(22,23)12-15)14-7-9-18-16(11-14)17(21)19-13-5-3-4-6-13/h7,9,11,13,15H,2-6,8,10,12H2,1H3,(H,19,21). The molecule has 1 aromatic rings. The Morgan fingerprint density at radius 2 is 2.08 bits per heavy atom. The minimum Gasteiger partial charge on any atom is -0.368 e. The summed E-state index contributed by atoms with van der Waals surface area (Å²) in [6.07, 6.45) is 6.67. The third kappa shape index (κ3) is 3.88. The third-order valence-electron chi connectivity index (χ3n) is 4.99. The number of sulfone groups is 1. The number of nitrogens with one attached hydrogen (secondary N) is 1. The van der Waals surface area contributed by atoms with Crippen LogP contribution in [-0.2, 0) is 9.84 Å². The molecule has 0 bridgehead atoms. The van der Waals surface area contributed by atoms with Gasteiger partial charge in [-0.3, -0.25) is 9.78 Å². The molecular weight excluding hydrogens is 326 g/mol. The van der Waals surface area contributed by atoms with Gasteiger partial charge in [0.2, 0.25) is 0 Å². The minimum absolute atomic E-state index is 0.0202. The van der Waals surface area contributed by atoms with Crippen molar-refractivity contribution in [2.45, 2.75) is 51.1 Å². The van der Waals surface area contributed by atoms with Crippen LogP contribution in [0.1, 0.15) is 49.5 Å². The second-order valence-corrected chi connectivity index (χ2v) is 8.93. The van der Waals surface area contributed by atoms with Crippen molar-refractivity contribution in [3.8, 4) is 0 Å². The SMILES string of the molecule is CCN(c1ccnc(C(=O)NC2CCCC2)c1)C1CCS(=O)(=O)C1. The highest BCUT2D eigenvalue weighted by molar-refractivity contribution is 7.91. The van der Waals surface area contributed by atoms with Crippen molar-refractivity contribution in [3.05, 3.63) is 24.0 Å². The van der Waals surface area contributed by atoms with Crippen LogP contribution in [0.2, 0.25) is 0 Å². The van der Waals surface area contributed by atoms with E-state index in [0.29, 0.717) is 18.7 Å². The van der Waals surface area contributed by atoms with Gasteiger partial charge in [0, 0.05) is 30.5 Å². The van der Waals surface area contributed by atoms with E-state index in [0.717, 1.165) is 31.4 Å². The molecular formula is C17H25N3O3S. The molecule has 1 aromatic heterocycles. The molecule has 7 heteroatoms. The van der Waals surface area contributed by atoms with Crippen LogP contribution < -0.4 is 10.2 Å². The number of carbonyl (C=O) groups excluding carboxylic acids is 1. The fourth-order valence-corrected chi connectivity index (χ4v) is 5.46. The minimum atomic E-state index is -2.94. The van der Waals surface area contributed by atoms with Crippen molar-refractivity contribution in [1.29, 1.82) is 0 Å². The molecule has 2 fully saturated rings. The lowest BCUT2D eigenvalue weighted by Crippen LogP contribution is -2.37. The van der Waals surface area contributed by atoms with Gasteiger partial charge in [0.1, 0.15) is 5.69 Å². The summed E-state index contributed by atoms with van der Waals surface area (Å²) in [4.78, 5) is 18.7. The summed E-state index contributed by atoms with van der Waals surface area (Å²) in [6.45, 7) is 2.71. The van der Waals surface area contributed by atoms with E-state index in [1.807, 2.05) is 13.0 Å². The maximum absolute atomic E-state index is 12.4. The summed E-state index contributed by atoms with van der Waals surface area (Å²) in [6, 6.07) is 3.86. The normalized spacial score (nSPS) is 23.3. The summed E-state index contributed by atoms with van der Waals surface area (Å²) >= 11 is 0. The van der Waals surface area contributed by atoms with Crippen molar-refractivity contribution < 1.29 is 13.2 Å². The zero-order chi connectivity index (χ0) is 17.2. The maximum Gasteiger partial charge on any atom is 0.270 e. The van der Waals surface area contributed by atoms with Crippen LogP contribution in [0.4, 0.5) is 5.69 Å². The molecule has 2 aliphatic rings. The lowest BCUT2D eigenvalue weighted by molar-refractivity contribution is 0.0933. The predicted octanol–water partition coefficient (Wildman–Crippen LogP) is 1.77. The summed E-state index contributed by atoms with van der Waals surface area (Å²) in [5.41, 5.74) is 1.27. The molecule has 0 spiro atoms. The van der Waals surface area contributed by atoms with E-state index in [9.17, 15) is 13.2 Å². The van der Waals surface area contributed by atoms with Crippen LogP contribution in [0, 0.1) is 0 Å². The van der Waals surface area contributed by atoms with E-state index in [1.54, 1.807) is 12.3 Å². The summed E-state index contributed by atoms with van der Waals surface area (Å²) < 4.78 is 23.5. The first kappa shape index (κ1) is 17.2. The summed E-state index contributed by atoms with van der Waals surface area (Å²) in [5.74, 6) is 0.292. The fraction of sp³-hybridized carbons (Fsp3) is 0.647.